The lowest BCUT2D eigenvalue weighted by atomic mass is 9.93. The van der Waals surface area contributed by atoms with Crippen molar-refractivity contribution in [3.63, 3.8) is 0 Å². The summed E-state index contributed by atoms with van der Waals surface area (Å²) in [6.07, 6.45) is 2.31. The second-order valence-electron chi connectivity index (χ2n) is 5.52. The maximum absolute atomic E-state index is 12.4. The molecule has 2 aliphatic heterocycles. The van der Waals surface area contributed by atoms with Crippen LogP contribution in [0, 0.1) is 12.8 Å². The molecule has 18 heavy (non-hydrogen) atoms. The molecule has 1 aromatic carbocycles. The van der Waals surface area contributed by atoms with E-state index in [1.165, 1.54) is 6.42 Å². The number of piperidine rings is 1. The topological polar surface area (TPSA) is 32.3 Å². The molecule has 1 aromatic rings. The van der Waals surface area contributed by atoms with Crippen LogP contribution in [0.25, 0.3) is 0 Å². The number of fused-ring (bicyclic) bond motifs is 1. The van der Waals surface area contributed by atoms with Crippen molar-refractivity contribution in [1.82, 2.24) is 10.2 Å². The van der Waals surface area contributed by atoms with E-state index >= 15 is 0 Å². The molecule has 2 saturated heterocycles. The van der Waals surface area contributed by atoms with Crippen molar-refractivity contribution in [2.24, 2.45) is 5.92 Å². The average Bonchev–Trinajstić information content (AvgIpc) is 2.85. The molecular weight excluding hydrogens is 224 g/mol. The van der Waals surface area contributed by atoms with E-state index in [1.54, 1.807) is 0 Å². The standard InChI is InChI=1S/C15H20N2O/c1-11-3-2-4-12(9-11)15(18)17-8-6-14-13(10-17)5-7-16-14/h2-4,9,13-14,16H,5-8,10H2,1H3. The minimum absolute atomic E-state index is 0.198. The third-order valence-electron chi connectivity index (χ3n) is 4.21. The number of rotatable bonds is 1. The van der Waals surface area contributed by atoms with E-state index < -0.39 is 0 Å². The molecule has 2 fully saturated rings. The molecule has 1 amide bonds. The third-order valence-corrected chi connectivity index (χ3v) is 4.21. The van der Waals surface area contributed by atoms with Crippen LogP contribution in [0.2, 0.25) is 0 Å². The number of carbonyl (C=O) groups is 1. The molecule has 3 heteroatoms. The van der Waals surface area contributed by atoms with Crippen LogP contribution in [0.1, 0.15) is 28.8 Å². The van der Waals surface area contributed by atoms with Gasteiger partial charge < -0.3 is 10.2 Å². The molecule has 2 heterocycles. The SMILES string of the molecule is Cc1cccc(C(=O)N2CCC3NCCC3C2)c1. The Morgan fingerprint density at radius 3 is 3.11 bits per heavy atom. The maximum Gasteiger partial charge on any atom is 0.253 e. The summed E-state index contributed by atoms with van der Waals surface area (Å²) in [5.41, 5.74) is 1.98. The monoisotopic (exact) mass is 244 g/mol. The summed E-state index contributed by atoms with van der Waals surface area (Å²) in [6, 6.07) is 8.55. The van der Waals surface area contributed by atoms with Gasteiger partial charge in [0.1, 0.15) is 0 Å². The van der Waals surface area contributed by atoms with Crippen LogP contribution in [0.15, 0.2) is 24.3 Å². The lowest BCUT2D eigenvalue weighted by Gasteiger charge is -2.35. The van der Waals surface area contributed by atoms with Gasteiger partial charge in [-0.2, -0.15) is 0 Å². The van der Waals surface area contributed by atoms with Gasteiger partial charge in [0.05, 0.1) is 0 Å². The molecule has 0 aromatic heterocycles. The van der Waals surface area contributed by atoms with Gasteiger partial charge in [-0.05, 0) is 44.4 Å². The van der Waals surface area contributed by atoms with Crippen molar-refractivity contribution in [3.05, 3.63) is 35.4 Å². The first-order chi connectivity index (χ1) is 8.74. The summed E-state index contributed by atoms with van der Waals surface area (Å²) in [7, 11) is 0. The number of benzene rings is 1. The lowest BCUT2D eigenvalue weighted by molar-refractivity contribution is 0.0662. The van der Waals surface area contributed by atoms with E-state index in [4.69, 9.17) is 0 Å². The molecule has 96 valence electrons. The highest BCUT2D eigenvalue weighted by molar-refractivity contribution is 5.94. The predicted molar refractivity (Wildman–Crippen MR) is 71.6 cm³/mol. The Kier molecular flexibility index (Phi) is 3.08. The van der Waals surface area contributed by atoms with E-state index in [9.17, 15) is 4.79 Å². The zero-order valence-electron chi connectivity index (χ0n) is 10.9. The second-order valence-corrected chi connectivity index (χ2v) is 5.52. The van der Waals surface area contributed by atoms with Crippen LogP contribution in [-0.4, -0.2) is 36.5 Å². The first kappa shape index (κ1) is 11.7. The number of hydrogen-bond donors (Lipinski definition) is 1. The lowest BCUT2D eigenvalue weighted by Crippen LogP contribution is -2.46. The zero-order chi connectivity index (χ0) is 12.5. The Labute approximate surface area is 108 Å². The normalized spacial score (nSPS) is 27.1. The molecule has 3 nitrogen and oxygen atoms in total. The maximum atomic E-state index is 12.4. The van der Waals surface area contributed by atoms with Crippen molar-refractivity contribution in [1.29, 1.82) is 0 Å². The van der Waals surface area contributed by atoms with Crippen LogP contribution in [0.5, 0.6) is 0 Å². The Morgan fingerprint density at radius 1 is 1.39 bits per heavy atom. The molecule has 3 rings (SSSR count). The van der Waals surface area contributed by atoms with Gasteiger partial charge in [-0.1, -0.05) is 17.7 Å². The Balaban J connectivity index is 1.73. The Bertz CT molecular complexity index is 458. The predicted octanol–water partition coefficient (Wildman–Crippen LogP) is 1.82. The minimum Gasteiger partial charge on any atom is -0.338 e. The van der Waals surface area contributed by atoms with Gasteiger partial charge in [0.25, 0.3) is 5.91 Å². The molecule has 0 spiro atoms. The van der Waals surface area contributed by atoms with Crippen molar-refractivity contribution in [2.45, 2.75) is 25.8 Å². The molecule has 0 saturated carbocycles. The van der Waals surface area contributed by atoms with Gasteiger partial charge >= 0.3 is 0 Å². The smallest absolute Gasteiger partial charge is 0.253 e. The average molecular weight is 244 g/mol. The van der Waals surface area contributed by atoms with Crippen molar-refractivity contribution < 1.29 is 4.79 Å². The van der Waals surface area contributed by atoms with Gasteiger partial charge in [0.2, 0.25) is 0 Å². The summed E-state index contributed by atoms with van der Waals surface area (Å²) in [5, 5.41) is 3.53. The van der Waals surface area contributed by atoms with Gasteiger partial charge in [0, 0.05) is 24.7 Å². The van der Waals surface area contributed by atoms with Crippen LogP contribution in [0.4, 0.5) is 0 Å². The molecule has 2 atom stereocenters. The van der Waals surface area contributed by atoms with Crippen molar-refractivity contribution >= 4 is 5.91 Å². The summed E-state index contributed by atoms with van der Waals surface area (Å²) in [4.78, 5) is 14.5. The molecule has 0 radical (unpaired) electrons. The number of aryl methyl sites for hydroxylation is 1. The Hall–Kier alpha value is -1.35. The van der Waals surface area contributed by atoms with E-state index in [0.29, 0.717) is 12.0 Å². The van der Waals surface area contributed by atoms with Gasteiger partial charge in [-0.25, -0.2) is 0 Å². The summed E-state index contributed by atoms with van der Waals surface area (Å²) in [6.45, 7) is 4.96. The van der Waals surface area contributed by atoms with E-state index in [1.807, 2.05) is 36.1 Å². The number of nitrogens with one attached hydrogen (secondary N) is 1. The molecule has 0 aliphatic carbocycles. The van der Waals surface area contributed by atoms with Crippen LogP contribution >= 0.6 is 0 Å². The molecule has 2 aliphatic rings. The fraction of sp³-hybridized carbons (Fsp3) is 0.533. The van der Waals surface area contributed by atoms with E-state index in [2.05, 4.69) is 5.32 Å². The number of likely N-dealkylation sites (tertiary alicyclic amines) is 1. The molecular formula is C15H20N2O. The van der Waals surface area contributed by atoms with Crippen molar-refractivity contribution in [2.75, 3.05) is 19.6 Å². The van der Waals surface area contributed by atoms with Gasteiger partial charge in [0.15, 0.2) is 0 Å². The third kappa shape index (κ3) is 2.15. The minimum atomic E-state index is 0.198. The highest BCUT2D eigenvalue weighted by atomic mass is 16.2. The zero-order valence-corrected chi connectivity index (χ0v) is 10.9. The second kappa shape index (κ2) is 4.73. The number of amides is 1. The summed E-state index contributed by atoms with van der Waals surface area (Å²) >= 11 is 0. The first-order valence-corrected chi connectivity index (χ1v) is 6.83. The number of hydrogen-bond acceptors (Lipinski definition) is 2. The van der Waals surface area contributed by atoms with Gasteiger partial charge in [-0.15, -0.1) is 0 Å². The molecule has 1 N–H and O–H groups in total. The number of carbonyl (C=O) groups excluding carboxylic acids is 1. The first-order valence-electron chi connectivity index (χ1n) is 6.83. The number of nitrogens with zero attached hydrogens (tertiary/aromatic N) is 1. The van der Waals surface area contributed by atoms with Gasteiger partial charge in [-0.3, -0.25) is 4.79 Å². The quantitative estimate of drug-likeness (QED) is 0.817. The fourth-order valence-electron chi connectivity index (χ4n) is 3.19. The Morgan fingerprint density at radius 2 is 2.28 bits per heavy atom. The van der Waals surface area contributed by atoms with Crippen LogP contribution in [-0.2, 0) is 0 Å². The largest absolute Gasteiger partial charge is 0.338 e. The van der Waals surface area contributed by atoms with E-state index in [-0.39, 0.29) is 5.91 Å². The van der Waals surface area contributed by atoms with E-state index in [0.717, 1.165) is 37.2 Å². The van der Waals surface area contributed by atoms with Crippen LogP contribution in [0.3, 0.4) is 0 Å². The highest BCUT2D eigenvalue weighted by Gasteiger charge is 2.34. The summed E-state index contributed by atoms with van der Waals surface area (Å²) < 4.78 is 0. The molecule has 0 bridgehead atoms. The molecule has 2 unspecified atom stereocenters. The summed E-state index contributed by atoms with van der Waals surface area (Å²) in [5.74, 6) is 0.858. The fourth-order valence-corrected chi connectivity index (χ4v) is 3.19. The van der Waals surface area contributed by atoms with Crippen LogP contribution < -0.4 is 5.32 Å². The van der Waals surface area contributed by atoms with Crippen molar-refractivity contribution in [3.8, 4) is 0 Å². The highest BCUT2D eigenvalue weighted by Crippen LogP contribution is 2.25.